The Bertz CT molecular complexity index is 1970. The van der Waals surface area contributed by atoms with Crippen LogP contribution in [0.5, 0.6) is 0 Å². The molecule has 0 unspecified atom stereocenters. The van der Waals surface area contributed by atoms with Crippen LogP contribution in [-0.2, 0) is 19.5 Å². The van der Waals surface area contributed by atoms with E-state index in [1.165, 1.54) is 62.5 Å². The van der Waals surface area contributed by atoms with Gasteiger partial charge in [0.05, 0.1) is 0 Å². The van der Waals surface area contributed by atoms with Gasteiger partial charge in [-0.25, -0.2) is 4.57 Å². The third kappa shape index (κ3) is 12.2. The van der Waals surface area contributed by atoms with Crippen molar-refractivity contribution in [2.45, 2.75) is 32.9 Å². The first kappa shape index (κ1) is 36.0. The number of pyridine rings is 2. The van der Waals surface area contributed by atoms with E-state index in [4.69, 9.17) is 0 Å². The predicted molar refractivity (Wildman–Crippen MR) is 222 cm³/mol. The van der Waals surface area contributed by atoms with Crippen molar-refractivity contribution in [3.05, 3.63) is 197 Å². The molecule has 3 nitrogen and oxygen atoms in total. The third-order valence-electron chi connectivity index (χ3n) is 8.71. The normalized spacial score (nSPS) is 11.4. The molecule has 0 saturated heterocycles. The second-order valence-electron chi connectivity index (χ2n) is 12.7. The Labute approximate surface area is 312 Å². The monoisotopic (exact) mass is 705 g/mol. The minimum absolute atomic E-state index is 0.886. The predicted octanol–water partition coefficient (Wildman–Crippen LogP) is 10.4. The molecule has 6 rings (SSSR count). The quantitative estimate of drug-likeness (QED) is 0.0579. The lowest BCUT2D eigenvalue weighted by atomic mass is 10.1. The summed E-state index contributed by atoms with van der Waals surface area (Å²) in [5.41, 5.74) is 11.3. The molecule has 4 aromatic carbocycles. The van der Waals surface area contributed by atoms with Crippen molar-refractivity contribution in [3.8, 4) is 0 Å². The maximum absolute atomic E-state index is 3.56. The van der Waals surface area contributed by atoms with E-state index in [0.29, 0.717) is 0 Å². The van der Waals surface area contributed by atoms with Crippen LogP contribution in [0.1, 0.15) is 51.1 Å². The van der Waals surface area contributed by atoms with Crippen LogP contribution >= 0.6 is 21.6 Å². The minimum atomic E-state index is 0.886. The van der Waals surface area contributed by atoms with Gasteiger partial charge < -0.3 is 5.32 Å². The highest BCUT2D eigenvalue weighted by Crippen LogP contribution is 2.23. The fraction of sp³-hybridized carbons (Fsp3) is 0.174. The lowest BCUT2D eigenvalue weighted by Crippen LogP contribution is -2.37. The number of nitrogens with zero attached hydrogens (tertiary/aromatic N) is 2. The molecule has 0 atom stereocenters. The van der Waals surface area contributed by atoms with Gasteiger partial charge in [0.2, 0.25) is 0 Å². The summed E-state index contributed by atoms with van der Waals surface area (Å²) >= 11 is 0. The summed E-state index contributed by atoms with van der Waals surface area (Å²) in [6, 6.07) is 47.6. The molecule has 2 heterocycles. The second-order valence-corrected chi connectivity index (χ2v) is 15.4. The number of rotatable bonds is 17. The summed E-state index contributed by atoms with van der Waals surface area (Å²) in [5.74, 6) is 2.25. The molecule has 0 fully saturated rings. The Morgan fingerprint density at radius 3 is 1.73 bits per heavy atom. The van der Waals surface area contributed by atoms with Gasteiger partial charge in [0.1, 0.15) is 0 Å². The Kier molecular flexibility index (Phi) is 13.8. The average Bonchev–Trinajstić information content (AvgIpc) is 3.17. The van der Waals surface area contributed by atoms with Crippen LogP contribution < -0.4 is 14.5 Å². The zero-order valence-electron chi connectivity index (χ0n) is 29.4. The molecule has 51 heavy (non-hydrogen) atoms. The van der Waals surface area contributed by atoms with E-state index in [1.807, 2.05) is 21.6 Å². The molecule has 6 aromatic rings. The zero-order valence-corrected chi connectivity index (χ0v) is 31.0. The molecule has 0 spiro atoms. The lowest BCUT2D eigenvalue weighted by molar-refractivity contribution is -0.694. The smallest absolute Gasteiger partial charge is 0.179 e. The minimum Gasteiger partial charge on any atom is -0.384 e. The Morgan fingerprint density at radius 1 is 0.529 bits per heavy atom. The number of nitrogens with one attached hydrogen (secondary N) is 1. The molecular formula is C46H47N3S2+2. The Hall–Kier alpha value is -4.84. The first-order valence-electron chi connectivity index (χ1n) is 17.8. The van der Waals surface area contributed by atoms with Crippen molar-refractivity contribution in [1.82, 2.24) is 0 Å². The summed E-state index contributed by atoms with van der Waals surface area (Å²) in [7, 11) is 3.94. The molecular weight excluding hydrogens is 659 g/mol. The van der Waals surface area contributed by atoms with Crippen LogP contribution in [0.2, 0.25) is 0 Å². The van der Waals surface area contributed by atoms with Gasteiger partial charge in [0.25, 0.3) is 0 Å². The highest BCUT2D eigenvalue weighted by atomic mass is 33.1. The Morgan fingerprint density at radius 2 is 1.08 bits per heavy atom. The SMILES string of the molecule is Cc1cc(/C=C/c2ccc(CCCSSCCNc3ccc(/C=C/c4cc[n+](Cc5ccccc5)cc4)cc3)cc2)cc[n+]1Cc1ccccc1. The molecule has 0 amide bonds. The van der Waals surface area contributed by atoms with Crippen molar-refractivity contribution in [2.24, 2.45) is 0 Å². The van der Waals surface area contributed by atoms with Gasteiger partial charge >= 0.3 is 0 Å². The number of aryl methyl sites for hydroxylation is 2. The largest absolute Gasteiger partial charge is 0.384 e. The molecule has 0 aliphatic carbocycles. The van der Waals surface area contributed by atoms with E-state index in [1.54, 1.807) is 0 Å². The van der Waals surface area contributed by atoms with Gasteiger partial charge in [-0.1, -0.05) is 143 Å². The first-order chi connectivity index (χ1) is 25.2. The lowest BCUT2D eigenvalue weighted by Gasteiger charge is -2.07. The van der Waals surface area contributed by atoms with Crippen LogP contribution in [0.3, 0.4) is 0 Å². The van der Waals surface area contributed by atoms with Crippen LogP contribution in [0.25, 0.3) is 24.3 Å². The van der Waals surface area contributed by atoms with Gasteiger partial charge in [0.15, 0.2) is 37.4 Å². The summed E-state index contributed by atoms with van der Waals surface area (Å²) in [4.78, 5) is 0. The van der Waals surface area contributed by atoms with Crippen LogP contribution in [0.15, 0.2) is 152 Å². The van der Waals surface area contributed by atoms with Crippen LogP contribution in [-0.4, -0.2) is 18.1 Å². The van der Waals surface area contributed by atoms with Crippen molar-refractivity contribution >= 4 is 51.6 Å². The molecule has 5 heteroatoms. The number of hydrogen-bond acceptors (Lipinski definition) is 3. The molecule has 2 aromatic heterocycles. The van der Waals surface area contributed by atoms with E-state index in [9.17, 15) is 0 Å². The molecule has 0 radical (unpaired) electrons. The fourth-order valence-electron chi connectivity index (χ4n) is 5.79. The zero-order chi connectivity index (χ0) is 34.9. The van der Waals surface area contributed by atoms with Crippen molar-refractivity contribution in [2.75, 3.05) is 23.4 Å². The maximum Gasteiger partial charge on any atom is 0.179 e. The third-order valence-corrected chi connectivity index (χ3v) is 11.2. The van der Waals surface area contributed by atoms with Gasteiger partial charge in [-0.05, 0) is 52.8 Å². The molecule has 0 bridgehead atoms. The number of aromatic nitrogens is 2. The highest BCUT2D eigenvalue weighted by Gasteiger charge is 2.07. The van der Waals surface area contributed by atoms with Gasteiger partial charge in [0, 0.05) is 66.1 Å². The number of benzene rings is 4. The molecule has 1 N–H and O–H groups in total. The van der Waals surface area contributed by atoms with Gasteiger partial charge in [-0.2, -0.15) is 4.57 Å². The topological polar surface area (TPSA) is 19.8 Å². The second kappa shape index (κ2) is 19.5. The summed E-state index contributed by atoms with van der Waals surface area (Å²) in [6.07, 6.45) is 17.5. The average molecular weight is 706 g/mol. The van der Waals surface area contributed by atoms with E-state index >= 15 is 0 Å². The van der Waals surface area contributed by atoms with Crippen molar-refractivity contribution in [3.63, 3.8) is 0 Å². The summed E-state index contributed by atoms with van der Waals surface area (Å²) in [5, 5.41) is 3.56. The van der Waals surface area contributed by atoms with Crippen molar-refractivity contribution < 1.29 is 9.13 Å². The first-order valence-corrected chi connectivity index (χ1v) is 20.3. The highest BCUT2D eigenvalue weighted by molar-refractivity contribution is 8.76. The molecule has 256 valence electrons. The molecule has 0 saturated carbocycles. The molecule has 0 aliphatic rings. The maximum atomic E-state index is 3.56. The van der Waals surface area contributed by atoms with E-state index in [-0.39, 0.29) is 0 Å². The molecule has 0 aliphatic heterocycles. The number of hydrogen-bond donors (Lipinski definition) is 1. The summed E-state index contributed by atoms with van der Waals surface area (Å²) < 4.78 is 4.50. The standard InChI is InChI=1S/C46H46N3S2/c1-38-35-43(28-32-49(38)37-45-11-6-3-7-12-45)21-20-40-16-14-39(15-17-40)13-8-33-50-51-34-29-47-46-24-22-41(23-25-46)18-19-42-26-30-48(31-27-42)36-44-9-4-2-5-10-44/h2-7,9-12,14-28,30-32,35H,8,13,29,33-34,36-37H2,1H3/q+1/p+1/b21-20+. The van der Waals surface area contributed by atoms with Gasteiger partial charge in [-0.15, -0.1) is 0 Å². The van der Waals surface area contributed by atoms with Crippen LogP contribution in [0.4, 0.5) is 5.69 Å². The van der Waals surface area contributed by atoms with Gasteiger partial charge in [-0.3, -0.25) is 0 Å². The van der Waals surface area contributed by atoms with E-state index in [2.05, 4.69) is 198 Å². The van der Waals surface area contributed by atoms with Crippen molar-refractivity contribution in [1.29, 1.82) is 0 Å². The van der Waals surface area contributed by atoms with E-state index < -0.39 is 0 Å². The summed E-state index contributed by atoms with van der Waals surface area (Å²) in [6.45, 7) is 4.92. The Balaban J connectivity index is 0.827. The van der Waals surface area contributed by atoms with Crippen LogP contribution in [0, 0.1) is 6.92 Å². The van der Waals surface area contributed by atoms with E-state index in [0.717, 1.165) is 31.8 Å². The fourth-order valence-corrected chi connectivity index (χ4v) is 7.78. The number of anilines is 1.